The summed E-state index contributed by atoms with van der Waals surface area (Å²) >= 11 is 0. The number of hydrogen-bond acceptors (Lipinski definition) is 10. The second kappa shape index (κ2) is 13.7. The van der Waals surface area contributed by atoms with E-state index in [0.29, 0.717) is 19.3 Å². The van der Waals surface area contributed by atoms with Crippen molar-refractivity contribution in [1.29, 1.82) is 0 Å². The number of carbonyl (C=O) groups is 1. The molecule has 4 N–H and O–H groups in total. The van der Waals surface area contributed by atoms with Crippen LogP contribution in [-0.2, 0) is 33.2 Å². The van der Waals surface area contributed by atoms with Crippen molar-refractivity contribution in [2.24, 2.45) is 35.5 Å². The summed E-state index contributed by atoms with van der Waals surface area (Å²) in [5.41, 5.74) is -1.15. The molecular formula is C36H62O11. The van der Waals surface area contributed by atoms with Crippen LogP contribution in [0.25, 0.3) is 0 Å². The van der Waals surface area contributed by atoms with Gasteiger partial charge >= 0.3 is 5.97 Å². The first-order valence-electron chi connectivity index (χ1n) is 18.1. The molecule has 0 aromatic heterocycles. The largest absolute Gasteiger partial charge is 0.481 e. The van der Waals surface area contributed by atoms with Gasteiger partial charge in [-0.3, -0.25) is 4.79 Å². The molecule has 5 saturated heterocycles. The zero-order valence-corrected chi connectivity index (χ0v) is 30.0. The van der Waals surface area contributed by atoms with E-state index in [0.717, 1.165) is 32.1 Å². The van der Waals surface area contributed by atoms with Gasteiger partial charge in [-0.25, -0.2) is 0 Å². The lowest BCUT2D eigenvalue weighted by Crippen LogP contribution is -2.57. The molecule has 5 aliphatic rings. The van der Waals surface area contributed by atoms with Crippen LogP contribution < -0.4 is 0 Å². The van der Waals surface area contributed by atoms with Gasteiger partial charge in [-0.05, 0) is 64.2 Å². The molecule has 0 aromatic carbocycles. The molecule has 0 radical (unpaired) electrons. The van der Waals surface area contributed by atoms with Gasteiger partial charge in [-0.2, -0.15) is 0 Å². The first kappa shape index (κ1) is 37.4. The Morgan fingerprint density at radius 3 is 2.34 bits per heavy atom. The fraction of sp³-hybridized carbons (Fsp3) is 0.972. The minimum atomic E-state index is -1.56. The quantitative estimate of drug-likeness (QED) is 0.264. The SMILES string of the molecule is CC[C@@]1([C@H]2O[C@H]([C@H]3O[C@@](O)(CO)[C@H](C)C[C@@H]3C)C[C@H]2C)CC[C@H]([C@@]2(C)CC[C@]3(C[C@H](O)[C@@H](C)[C@@H]([C@H](C)[C@H](OC)[C@@H](C)C(=O)O)O3)O2)O1. The highest BCUT2D eigenvalue weighted by Gasteiger charge is 2.62. The number of carboxylic acid groups (broad SMARTS) is 1. The monoisotopic (exact) mass is 670 g/mol. The van der Waals surface area contributed by atoms with E-state index in [-0.39, 0.29) is 54.0 Å². The maximum absolute atomic E-state index is 11.8. The fourth-order valence-electron chi connectivity index (χ4n) is 9.91. The van der Waals surface area contributed by atoms with Crippen molar-refractivity contribution in [2.45, 2.75) is 172 Å². The Morgan fingerprint density at radius 2 is 1.72 bits per heavy atom. The van der Waals surface area contributed by atoms with Crippen LogP contribution in [0, 0.1) is 35.5 Å². The van der Waals surface area contributed by atoms with E-state index in [1.165, 1.54) is 7.11 Å². The van der Waals surface area contributed by atoms with Crippen LogP contribution >= 0.6 is 0 Å². The highest BCUT2D eigenvalue weighted by molar-refractivity contribution is 5.70. The second-order valence-electron chi connectivity index (χ2n) is 16.3. The van der Waals surface area contributed by atoms with Gasteiger partial charge in [0.25, 0.3) is 0 Å². The van der Waals surface area contributed by atoms with E-state index < -0.39 is 59.6 Å². The van der Waals surface area contributed by atoms with Crippen LogP contribution in [0.5, 0.6) is 0 Å². The molecule has 5 fully saturated rings. The molecule has 5 heterocycles. The Balaban J connectivity index is 1.29. The minimum Gasteiger partial charge on any atom is -0.481 e. The Kier molecular flexibility index (Phi) is 10.9. The molecule has 47 heavy (non-hydrogen) atoms. The van der Waals surface area contributed by atoms with Crippen LogP contribution in [0.4, 0.5) is 0 Å². The lowest BCUT2D eigenvalue weighted by molar-refractivity contribution is -0.336. The summed E-state index contributed by atoms with van der Waals surface area (Å²) in [5.74, 6) is -4.52. The molecule has 272 valence electrons. The molecule has 0 amide bonds. The zero-order chi connectivity index (χ0) is 34.7. The molecule has 5 rings (SSSR count). The maximum Gasteiger partial charge on any atom is 0.308 e. The van der Waals surface area contributed by atoms with Crippen molar-refractivity contribution >= 4 is 5.97 Å². The van der Waals surface area contributed by atoms with Crippen LogP contribution in [0.1, 0.15) is 107 Å². The van der Waals surface area contributed by atoms with E-state index in [2.05, 4.69) is 27.7 Å². The van der Waals surface area contributed by atoms with Crippen LogP contribution in [0.2, 0.25) is 0 Å². The molecular weight excluding hydrogens is 608 g/mol. The van der Waals surface area contributed by atoms with Crippen LogP contribution in [-0.4, -0.2) is 106 Å². The lowest BCUT2D eigenvalue weighted by Gasteiger charge is -2.49. The summed E-state index contributed by atoms with van der Waals surface area (Å²) in [6, 6.07) is 0. The van der Waals surface area contributed by atoms with Gasteiger partial charge in [-0.15, -0.1) is 0 Å². The number of methoxy groups -OCH3 is 1. The third kappa shape index (κ3) is 6.67. The van der Waals surface area contributed by atoms with Gasteiger partial charge in [0, 0.05) is 37.7 Å². The van der Waals surface area contributed by atoms with E-state index in [9.17, 15) is 25.2 Å². The molecule has 0 bridgehead atoms. The van der Waals surface area contributed by atoms with Crippen LogP contribution in [0.15, 0.2) is 0 Å². The number of aliphatic hydroxyl groups excluding tert-OH is 2. The number of rotatable bonds is 10. The number of aliphatic carboxylic acids is 1. The summed E-state index contributed by atoms with van der Waals surface area (Å²) in [7, 11) is 1.52. The topological polar surface area (TPSA) is 153 Å². The summed E-state index contributed by atoms with van der Waals surface area (Å²) in [6.45, 7) is 15.6. The molecule has 0 saturated carbocycles. The number of carboxylic acids is 1. The van der Waals surface area contributed by atoms with E-state index in [1.54, 1.807) is 6.92 Å². The Morgan fingerprint density at radius 1 is 1.02 bits per heavy atom. The fourth-order valence-corrected chi connectivity index (χ4v) is 9.91. The van der Waals surface area contributed by atoms with Gasteiger partial charge in [0.2, 0.25) is 0 Å². The van der Waals surface area contributed by atoms with Gasteiger partial charge in [0.05, 0.1) is 66.5 Å². The molecule has 5 aliphatic heterocycles. The molecule has 1 spiro atoms. The average Bonchev–Trinajstić information content (AvgIpc) is 3.73. The number of ether oxygens (including phenoxy) is 6. The van der Waals surface area contributed by atoms with Gasteiger partial charge in [0.1, 0.15) is 0 Å². The summed E-state index contributed by atoms with van der Waals surface area (Å²) in [5, 5.41) is 41.8. The van der Waals surface area contributed by atoms with E-state index in [4.69, 9.17) is 28.4 Å². The molecule has 11 nitrogen and oxygen atoms in total. The van der Waals surface area contributed by atoms with Gasteiger partial charge in [-0.1, -0.05) is 41.5 Å². The molecule has 17 atom stereocenters. The Hall–Kier alpha value is -0.890. The average molecular weight is 671 g/mol. The summed E-state index contributed by atoms with van der Waals surface area (Å²) in [6.07, 6.45) is 2.99. The Labute approximate surface area is 281 Å². The van der Waals surface area contributed by atoms with Gasteiger partial charge < -0.3 is 48.8 Å². The van der Waals surface area contributed by atoms with Crippen molar-refractivity contribution in [3.8, 4) is 0 Å². The smallest absolute Gasteiger partial charge is 0.308 e. The van der Waals surface area contributed by atoms with Crippen molar-refractivity contribution in [3.63, 3.8) is 0 Å². The van der Waals surface area contributed by atoms with Crippen molar-refractivity contribution < 1.29 is 53.6 Å². The lowest BCUT2D eigenvalue weighted by atomic mass is 9.78. The predicted octanol–water partition coefficient (Wildman–Crippen LogP) is 4.27. The zero-order valence-electron chi connectivity index (χ0n) is 30.0. The summed E-state index contributed by atoms with van der Waals surface area (Å²) < 4.78 is 39.4. The molecule has 11 heteroatoms. The standard InChI is InChI=1S/C36H62O11/c1-10-34(31-20(3)16-26(43-31)28-19(2)15-21(4)36(41,18-37)46-28)12-11-27(44-34)33(8)13-14-35(47-33)17-25(38)22(5)30(45-35)23(6)29(42-9)24(7)32(39)40/h19-31,37-38,41H,10-18H2,1-9H3,(H,39,40)/t19-,20+,21+,22+,23+,24+,25-,26-,27+,28-,29-,30-,31-,33+,34-,35+,36-/m0/s1. The predicted molar refractivity (Wildman–Crippen MR) is 172 cm³/mol. The normalized spacial score (nSPS) is 50.9. The third-order valence-corrected chi connectivity index (χ3v) is 13.0. The highest BCUT2D eigenvalue weighted by atomic mass is 16.7. The van der Waals surface area contributed by atoms with Crippen LogP contribution in [0.3, 0.4) is 0 Å². The second-order valence-corrected chi connectivity index (χ2v) is 16.3. The highest BCUT2D eigenvalue weighted by Crippen LogP contribution is 2.55. The van der Waals surface area contributed by atoms with Crippen molar-refractivity contribution in [3.05, 3.63) is 0 Å². The van der Waals surface area contributed by atoms with Crippen molar-refractivity contribution in [2.75, 3.05) is 13.7 Å². The van der Waals surface area contributed by atoms with E-state index >= 15 is 0 Å². The molecule has 0 aromatic rings. The first-order chi connectivity index (χ1) is 22.0. The Bertz CT molecular complexity index is 1110. The molecule has 0 aliphatic carbocycles. The molecule has 0 unspecified atom stereocenters. The minimum absolute atomic E-state index is 0.153. The van der Waals surface area contributed by atoms with Gasteiger partial charge in [0.15, 0.2) is 11.6 Å². The number of aliphatic hydroxyl groups is 3. The number of hydrogen-bond donors (Lipinski definition) is 4. The van der Waals surface area contributed by atoms with Crippen molar-refractivity contribution in [1.82, 2.24) is 0 Å². The maximum atomic E-state index is 11.8. The van der Waals surface area contributed by atoms with E-state index in [1.807, 2.05) is 20.8 Å². The first-order valence-corrected chi connectivity index (χ1v) is 18.1. The third-order valence-electron chi connectivity index (χ3n) is 13.0. The summed E-state index contributed by atoms with van der Waals surface area (Å²) in [4.78, 5) is 11.8.